The Kier molecular flexibility index (Phi) is 5.33. The first-order chi connectivity index (χ1) is 22.9. The average molecular weight is 626 g/mol. The van der Waals surface area contributed by atoms with E-state index in [2.05, 4.69) is 97.6 Å². The van der Waals surface area contributed by atoms with Crippen molar-refractivity contribution in [2.75, 3.05) is 4.90 Å². The minimum absolute atomic E-state index is 0.0331. The van der Waals surface area contributed by atoms with Gasteiger partial charge in [-0.1, -0.05) is 74.5 Å². The number of anilines is 3. The Morgan fingerprint density at radius 2 is 1.32 bits per heavy atom. The summed E-state index contributed by atoms with van der Waals surface area (Å²) in [7, 11) is 0. The Balaban J connectivity index is 1.09. The minimum Gasteiger partial charge on any atom is -0.456 e. The molecule has 0 amide bonds. The maximum Gasteiger partial charge on any atom is 0.200 e. The van der Waals surface area contributed by atoms with Gasteiger partial charge in [-0.25, -0.2) is 0 Å². The first kappa shape index (κ1) is 26.6. The predicted molar refractivity (Wildman–Crippen MR) is 193 cm³/mol. The molecule has 4 nitrogen and oxygen atoms in total. The van der Waals surface area contributed by atoms with Gasteiger partial charge in [0.05, 0.1) is 27.8 Å². The predicted octanol–water partition coefficient (Wildman–Crippen LogP) is 11.7. The first-order valence-electron chi connectivity index (χ1n) is 15.8. The summed E-state index contributed by atoms with van der Waals surface area (Å²) < 4.78 is 14.1. The molecule has 2 aromatic heterocycles. The Morgan fingerprint density at radius 3 is 2.17 bits per heavy atom. The number of thiophene rings is 1. The largest absolute Gasteiger partial charge is 0.456 e. The number of hydrogen-bond acceptors (Lipinski definition) is 5. The van der Waals surface area contributed by atoms with E-state index in [1.54, 1.807) is 11.3 Å². The molecule has 0 N–H and O–H groups in total. The molecule has 0 radical (unpaired) electrons. The Hall–Kier alpha value is -5.65. The second-order valence-corrected chi connectivity index (χ2v) is 14.0. The molecule has 8 aromatic rings. The lowest BCUT2D eigenvalue weighted by Crippen LogP contribution is -2.32. The van der Waals surface area contributed by atoms with Crippen molar-refractivity contribution >= 4 is 60.4 Å². The average Bonchev–Trinajstić information content (AvgIpc) is 3.54. The molecule has 5 heteroatoms. The summed E-state index contributed by atoms with van der Waals surface area (Å²) in [5.41, 5.74) is 9.67. The van der Waals surface area contributed by atoms with E-state index in [-0.39, 0.29) is 10.8 Å². The summed E-state index contributed by atoms with van der Waals surface area (Å²) in [5, 5.41) is 2.34. The molecule has 2 aliphatic rings. The molecule has 0 spiro atoms. The fraction of sp³-hybridized carbons (Fsp3) is 0.0714. The topological polar surface area (TPSA) is 42.7 Å². The van der Waals surface area contributed by atoms with Gasteiger partial charge >= 0.3 is 0 Å². The van der Waals surface area contributed by atoms with Crippen molar-refractivity contribution in [2.24, 2.45) is 0 Å². The van der Waals surface area contributed by atoms with Crippen LogP contribution in [0.3, 0.4) is 0 Å². The summed E-state index contributed by atoms with van der Waals surface area (Å²) >= 11 is 1.73. The number of nitrogens with zero attached hydrogens (tertiary/aromatic N) is 1. The highest BCUT2D eigenvalue weighted by atomic mass is 32.1. The van der Waals surface area contributed by atoms with Gasteiger partial charge in [0.2, 0.25) is 5.43 Å². The summed E-state index contributed by atoms with van der Waals surface area (Å²) in [5.74, 6) is 1.62. The maximum atomic E-state index is 14.0. The SMILES string of the molecule is CC1(C)c2ccccc2N2c3ccc(-c4ccc5oc6ccc(-c7cc8ccccc8s7)cc6c(=O)c5c4)cc3Oc3cccc1c32. The zero-order valence-electron chi connectivity index (χ0n) is 25.7. The fourth-order valence-corrected chi connectivity index (χ4v) is 8.50. The van der Waals surface area contributed by atoms with E-state index in [9.17, 15) is 4.79 Å². The molecule has 0 fully saturated rings. The number of fused-ring (bicyclic) bond motifs is 7. The molecule has 47 heavy (non-hydrogen) atoms. The summed E-state index contributed by atoms with van der Waals surface area (Å²) in [6, 6.07) is 43.6. The normalized spacial score (nSPS) is 14.1. The minimum atomic E-state index is -0.158. The fourth-order valence-electron chi connectivity index (χ4n) is 7.44. The number of para-hydroxylation sites is 2. The van der Waals surface area contributed by atoms with Crippen LogP contribution in [0.1, 0.15) is 25.0 Å². The third kappa shape index (κ3) is 3.78. The highest BCUT2D eigenvalue weighted by Gasteiger charge is 2.41. The molecule has 224 valence electrons. The van der Waals surface area contributed by atoms with Gasteiger partial charge < -0.3 is 14.1 Å². The molecule has 0 saturated carbocycles. The molecule has 0 unspecified atom stereocenters. The third-order valence-corrected chi connectivity index (χ3v) is 11.0. The summed E-state index contributed by atoms with van der Waals surface area (Å²) in [4.78, 5) is 17.5. The second-order valence-electron chi connectivity index (χ2n) is 12.9. The molecule has 0 atom stereocenters. The molecular weight excluding hydrogens is 599 g/mol. The molecule has 10 rings (SSSR count). The van der Waals surface area contributed by atoms with Crippen molar-refractivity contribution < 1.29 is 9.15 Å². The number of hydrogen-bond donors (Lipinski definition) is 0. The molecule has 0 saturated heterocycles. The Bertz CT molecular complexity index is 2650. The summed E-state index contributed by atoms with van der Waals surface area (Å²) in [6.45, 7) is 4.56. The molecule has 0 aliphatic carbocycles. The van der Waals surface area contributed by atoms with Crippen LogP contribution < -0.4 is 15.1 Å². The van der Waals surface area contributed by atoms with Crippen molar-refractivity contribution in [3.8, 4) is 33.1 Å². The van der Waals surface area contributed by atoms with E-state index >= 15 is 0 Å². The van der Waals surface area contributed by atoms with Gasteiger partial charge in [-0.2, -0.15) is 0 Å². The Labute approximate surface area is 274 Å². The van der Waals surface area contributed by atoms with E-state index in [0.29, 0.717) is 21.9 Å². The van der Waals surface area contributed by atoms with Gasteiger partial charge in [-0.3, -0.25) is 4.79 Å². The van der Waals surface area contributed by atoms with Crippen LogP contribution in [-0.4, -0.2) is 0 Å². The zero-order valence-corrected chi connectivity index (χ0v) is 26.5. The van der Waals surface area contributed by atoms with Gasteiger partial charge in [-0.15, -0.1) is 11.3 Å². The molecule has 4 heterocycles. The standard InChI is InChI=1S/C42H27NO3S/c1-42(2)30-9-4-5-11-32(30)43-33-17-14-25(22-37(33)46-36-12-7-10-31(42)40(36)43)24-15-18-34-28(20-24)41(44)29-21-27(16-19-35(29)45-34)39-23-26-8-3-6-13-38(26)47-39/h3-23H,1-2H3. The van der Waals surface area contributed by atoms with E-state index in [4.69, 9.17) is 9.15 Å². The lowest BCUT2D eigenvalue weighted by molar-refractivity contribution is 0.471. The van der Waals surface area contributed by atoms with Crippen LogP contribution in [0.25, 0.3) is 53.6 Å². The van der Waals surface area contributed by atoms with Gasteiger partial charge in [0.15, 0.2) is 11.5 Å². The van der Waals surface area contributed by atoms with Crippen molar-refractivity contribution in [1.29, 1.82) is 0 Å². The molecule has 0 bridgehead atoms. The highest BCUT2D eigenvalue weighted by molar-refractivity contribution is 7.22. The van der Waals surface area contributed by atoms with Crippen molar-refractivity contribution in [2.45, 2.75) is 19.3 Å². The number of rotatable bonds is 2. The van der Waals surface area contributed by atoms with E-state index < -0.39 is 0 Å². The number of ether oxygens (including phenoxy) is 1. The Morgan fingerprint density at radius 1 is 0.617 bits per heavy atom. The second kappa shape index (κ2) is 9.44. The number of benzene rings is 6. The molecular formula is C42H27NO3S. The van der Waals surface area contributed by atoms with Crippen LogP contribution in [0.15, 0.2) is 137 Å². The van der Waals surface area contributed by atoms with Gasteiger partial charge in [-0.05, 0) is 99.9 Å². The van der Waals surface area contributed by atoms with Crippen molar-refractivity contribution in [1.82, 2.24) is 0 Å². The van der Waals surface area contributed by atoms with Crippen LogP contribution in [-0.2, 0) is 5.41 Å². The van der Waals surface area contributed by atoms with Crippen LogP contribution in [0.2, 0.25) is 0 Å². The van der Waals surface area contributed by atoms with Crippen LogP contribution >= 0.6 is 11.3 Å². The lowest BCUT2D eigenvalue weighted by atomic mass is 9.73. The smallest absolute Gasteiger partial charge is 0.200 e. The third-order valence-electron chi connectivity index (χ3n) is 9.85. The van der Waals surface area contributed by atoms with E-state index in [1.807, 2.05) is 48.5 Å². The van der Waals surface area contributed by atoms with Gasteiger partial charge in [0, 0.05) is 15.0 Å². The van der Waals surface area contributed by atoms with Crippen LogP contribution in [0, 0.1) is 0 Å². The van der Waals surface area contributed by atoms with Crippen molar-refractivity contribution in [3.63, 3.8) is 0 Å². The summed E-state index contributed by atoms with van der Waals surface area (Å²) in [6.07, 6.45) is 0. The highest BCUT2D eigenvalue weighted by Crippen LogP contribution is 2.59. The van der Waals surface area contributed by atoms with Crippen LogP contribution in [0.5, 0.6) is 11.5 Å². The zero-order chi connectivity index (χ0) is 31.4. The monoisotopic (exact) mass is 625 g/mol. The van der Waals surface area contributed by atoms with Crippen LogP contribution in [0.4, 0.5) is 17.1 Å². The first-order valence-corrected chi connectivity index (χ1v) is 16.6. The van der Waals surface area contributed by atoms with E-state index in [1.165, 1.54) is 26.9 Å². The maximum absolute atomic E-state index is 14.0. The van der Waals surface area contributed by atoms with Gasteiger partial charge in [0.25, 0.3) is 0 Å². The van der Waals surface area contributed by atoms with Crippen molar-refractivity contribution in [3.05, 3.63) is 149 Å². The lowest BCUT2D eigenvalue weighted by Gasteiger charge is -2.44. The van der Waals surface area contributed by atoms with E-state index in [0.717, 1.165) is 44.4 Å². The molecule has 6 aromatic carbocycles. The quantitative estimate of drug-likeness (QED) is 0.179. The van der Waals surface area contributed by atoms with Gasteiger partial charge in [0.1, 0.15) is 11.2 Å². The molecule has 2 aliphatic heterocycles.